The lowest BCUT2D eigenvalue weighted by Gasteiger charge is -2.28. The molecule has 2 aromatic rings. The van der Waals surface area contributed by atoms with Gasteiger partial charge in [-0.05, 0) is 58.7 Å². The number of likely N-dealkylation sites (tertiary alicyclic amines) is 1. The fraction of sp³-hybridized carbons (Fsp3) is 0.469. The number of esters is 1. The van der Waals surface area contributed by atoms with E-state index in [0.29, 0.717) is 23.5 Å². The largest absolute Gasteiger partial charge is 0.507 e. The van der Waals surface area contributed by atoms with Gasteiger partial charge < -0.3 is 14.7 Å². The fourth-order valence-corrected chi connectivity index (χ4v) is 4.97. The van der Waals surface area contributed by atoms with Gasteiger partial charge in [-0.3, -0.25) is 10.2 Å². The zero-order valence-corrected chi connectivity index (χ0v) is 24.1. The van der Waals surface area contributed by atoms with E-state index in [9.17, 15) is 14.7 Å². The first-order chi connectivity index (χ1) is 17.7. The Labute approximate surface area is 227 Å². The minimum absolute atomic E-state index is 0.0651. The monoisotopic (exact) mass is 518 g/mol. The van der Waals surface area contributed by atoms with Crippen LogP contribution in [0.1, 0.15) is 98.7 Å². The van der Waals surface area contributed by atoms with Crippen molar-refractivity contribution in [2.45, 2.75) is 72.1 Å². The topological polar surface area (TPSA) is 90.7 Å². The van der Waals surface area contributed by atoms with Crippen molar-refractivity contribution >= 4 is 23.7 Å². The Bertz CT molecular complexity index is 1210. The van der Waals surface area contributed by atoms with Crippen LogP contribution in [0.4, 0.5) is 0 Å². The second kappa shape index (κ2) is 11.1. The van der Waals surface area contributed by atoms with Crippen LogP contribution in [0, 0.1) is 11.3 Å². The molecule has 2 aromatic carbocycles. The number of ketones is 1. The molecule has 0 bridgehead atoms. The molecule has 1 unspecified atom stereocenters. The third kappa shape index (κ3) is 6.35. The SMILES string of the molecule is CCCC1CN(CC(=O)c2cc(C(C)(C)C)c(O)c(C(C)(C)C)c2)C(=N)/C1=C/c1ccc(C(=O)OC)cc1. The van der Waals surface area contributed by atoms with Crippen molar-refractivity contribution < 1.29 is 19.4 Å². The molecule has 0 amide bonds. The Morgan fingerprint density at radius 3 is 2.05 bits per heavy atom. The van der Waals surface area contributed by atoms with Crippen molar-refractivity contribution in [2.75, 3.05) is 20.2 Å². The smallest absolute Gasteiger partial charge is 0.337 e. The maximum atomic E-state index is 13.6. The standard InChI is InChI=1S/C32H42N2O4/c1-9-10-22-18-34(29(33)24(22)15-20-11-13-21(14-12-20)30(37)38-8)19-27(35)23-16-25(31(2,3)4)28(36)26(17-23)32(5,6)7/h11-17,22,33,36H,9-10,18-19H2,1-8H3/b24-15+,33-29?. The Hall–Kier alpha value is -3.41. The fourth-order valence-electron chi connectivity index (χ4n) is 4.97. The summed E-state index contributed by atoms with van der Waals surface area (Å²) in [6.45, 7) is 15.0. The number of benzene rings is 2. The van der Waals surface area contributed by atoms with E-state index in [-0.39, 0.29) is 40.8 Å². The number of phenolic OH excluding ortho intramolecular Hbond substituents is 1. The zero-order valence-electron chi connectivity index (χ0n) is 24.1. The second-order valence-corrected chi connectivity index (χ2v) is 12.3. The van der Waals surface area contributed by atoms with Gasteiger partial charge in [-0.2, -0.15) is 0 Å². The molecule has 1 fully saturated rings. The first kappa shape index (κ1) is 29.2. The third-order valence-corrected chi connectivity index (χ3v) is 7.14. The highest BCUT2D eigenvalue weighted by atomic mass is 16.5. The van der Waals surface area contributed by atoms with E-state index in [2.05, 4.69) is 6.92 Å². The maximum Gasteiger partial charge on any atom is 0.337 e. The van der Waals surface area contributed by atoms with E-state index >= 15 is 0 Å². The van der Waals surface area contributed by atoms with E-state index in [1.165, 1.54) is 7.11 Å². The van der Waals surface area contributed by atoms with Gasteiger partial charge in [-0.15, -0.1) is 0 Å². The molecule has 2 N–H and O–H groups in total. The Morgan fingerprint density at radius 1 is 1.03 bits per heavy atom. The minimum atomic E-state index is -0.384. The molecule has 204 valence electrons. The number of ether oxygens (including phenoxy) is 1. The number of aromatic hydroxyl groups is 1. The number of hydrogen-bond acceptors (Lipinski definition) is 5. The molecule has 0 saturated carbocycles. The third-order valence-electron chi connectivity index (χ3n) is 7.14. The van der Waals surface area contributed by atoms with Gasteiger partial charge in [0.15, 0.2) is 5.78 Å². The lowest BCUT2D eigenvalue weighted by molar-refractivity contribution is 0.0600. The summed E-state index contributed by atoms with van der Waals surface area (Å²) in [5.41, 5.74) is 3.70. The quantitative estimate of drug-likeness (QED) is 0.313. The molecule has 1 aliphatic heterocycles. The molecule has 0 radical (unpaired) electrons. The van der Waals surface area contributed by atoms with Gasteiger partial charge in [0.1, 0.15) is 11.6 Å². The molecular weight excluding hydrogens is 476 g/mol. The van der Waals surface area contributed by atoms with Crippen LogP contribution < -0.4 is 0 Å². The summed E-state index contributed by atoms with van der Waals surface area (Å²) in [5.74, 6) is 0.312. The van der Waals surface area contributed by atoms with Gasteiger partial charge in [0.05, 0.1) is 19.2 Å². The van der Waals surface area contributed by atoms with Crippen molar-refractivity contribution in [3.8, 4) is 5.75 Å². The van der Waals surface area contributed by atoms with E-state index in [1.54, 1.807) is 12.1 Å². The number of methoxy groups -OCH3 is 1. The van der Waals surface area contributed by atoms with Gasteiger partial charge >= 0.3 is 5.97 Å². The van der Waals surface area contributed by atoms with Crippen LogP contribution in [0.2, 0.25) is 0 Å². The van der Waals surface area contributed by atoms with Crippen molar-refractivity contribution in [3.63, 3.8) is 0 Å². The van der Waals surface area contributed by atoms with Gasteiger partial charge in [-0.1, -0.05) is 67.0 Å². The van der Waals surface area contributed by atoms with E-state index in [1.807, 2.05) is 76.8 Å². The molecule has 1 aliphatic rings. The number of amidine groups is 1. The maximum absolute atomic E-state index is 13.6. The summed E-state index contributed by atoms with van der Waals surface area (Å²) in [7, 11) is 1.36. The zero-order chi connectivity index (χ0) is 28.4. The average molecular weight is 519 g/mol. The molecule has 0 aromatic heterocycles. The van der Waals surface area contributed by atoms with Crippen LogP contribution in [0.15, 0.2) is 42.0 Å². The summed E-state index contributed by atoms with van der Waals surface area (Å²) in [6, 6.07) is 10.8. The van der Waals surface area contributed by atoms with Crippen LogP contribution in [0.3, 0.4) is 0 Å². The number of carbonyl (C=O) groups is 2. The number of rotatable bonds is 7. The summed E-state index contributed by atoms with van der Waals surface area (Å²) in [5, 5.41) is 20.0. The molecule has 0 aliphatic carbocycles. The van der Waals surface area contributed by atoms with Gasteiger partial charge in [0.25, 0.3) is 0 Å². The van der Waals surface area contributed by atoms with Crippen molar-refractivity contribution in [1.82, 2.24) is 4.90 Å². The number of nitrogens with zero attached hydrogens (tertiary/aromatic N) is 1. The highest BCUT2D eigenvalue weighted by molar-refractivity contribution is 6.06. The minimum Gasteiger partial charge on any atom is -0.507 e. The summed E-state index contributed by atoms with van der Waals surface area (Å²) in [6.07, 6.45) is 3.88. The number of Topliss-reactive ketones (excluding diaryl/α,β-unsaturated/α-hetero) is 1. The summed E-state index contributed by atoms with van der Waals surface area (Å²) >= 11 is 0. The first-order valence-electron chi connectivity index (χ1n) is 13.3. The van der Waals surface area contributed by atoms with Gasteiger partial charge in [0, 0.05) is 29.2 Å². The van der Waals surface area contributed by atoms with E-state index < -0.39 is 0 Å². The molecule has 1 atom stereocenters. The van der Waals surface area contributed by atoms with Crippen LogP contribution in [-0.2, 0) is 15.6 Å². The molecule has 38 heavy (non-hydrogen) atoms. The summed E-state index contributed by atoms with van der Waals surface area (Å²) < 4.78 is 4.78. The molecule has 1 heterocycles. The number of phenols is 1. The van der Waals surface area contributed by atoms with Crippen LogP contribution >= 0.6 is 0 Å². The van der Waals surface area contributed by atoms with Crippen molar-refractivity contribution in [2.24, 2.45) is 5.92 Å². The molecule has 1 saturated heterocycles. The Kier molecular flexibility index (Phi) is 8.55. The molecular formula is C32H42N2O4. The second-order valence-electron chi connectivity index (χ2n) is 12.3. The van der Waals surface area contributed by atoms with Gasteiger partial charge in [0.2, 0.25) is 0 Å². The lowest BCUT2D eigenvalue weighted by atomic mass is 9.78. The van der Waals surface area contributed by atoms with Crippen LogP contribution in [0.5, 0.6) is 5.75 Å². The number of carbonyl (C=O) groups excluding carboxylic acids is 2. The molecule has 3 rings (SSSR count). The van der Waals surface area contributed by atoms with E-state index in [0.717, 1.165) is 35.1 Å². The molecule has 0 spiro atoms. The van der Waals surface area contributed by atoms with E-state index in [4.69, 9.17) is 10.1 Å². The Morgan fingerprint density at radius 2 is 1.58 bits per heavy atom. The first-order valence-corrected chi connectivity index (χ1v) is 13.3. The highest BCUT2D eigenvalue weighted by Gasteiger charge is 2.34. The van der Waals surface area contributed by atoms with Crippen molar-refractivity contribution in [1.29, 1.82) is 5.41 Å². The highest BCUT2D eigenvalue weighted by Crippen LogP contribution is 2.40. The predicted octanol–water partition coefficient (Wildman–Crippen LogP) is 6.75. The average Bonchev–Trinajstić information content (AvgIpc) is 3.11. The molecule has 6 heteroatoms. The van der Waals surface area contributed by atoms with Crippen LogP contribution in [-0.4, -0.2) is 47.8 Å². The normalized spacial score (nSPS) is 17.3. The van der Waals surface area contributed by atoms with Gasteiger partial charge in [-0.25, -0.2) is 4.79 Å². The lowest BCUT2D eigenvalue weighted by Crippen LogP contribution is -2.31. The number of hydrogen-bond donors (Lipinski definition) is 2. The van der Waals surface area contributed by atoms with Crippen molar-refractivity contribution in [3.05, 3.63) is 69.8 Å². The predicted molar refractivity (Wildman–Crippen MR) is 153 cm³/mol. The Balaban J connectivity index is 1.91. The summed E-state index contributed by atoms with van der Waals surface area (Å²) in [4.78, 5) is 27.2. The number of nitrogens with one attached hydrogen (secondary N) is 1. The van der Waals surface area contributed by atoms with Crippen LogP contribution in [0.25, 0.3) is 6.08 Å². The molecule has 6 nitrogen and oxygen atoms in total.